The van der Waals surface area contributed by atoms with Gasteiger partial charge in [0, 0.05) is 11.4 Å². The Morgan fingerprint density at radius 1 is 1.27 bits per heavy atom. The molecule has 0 saturated carbocycles. The van der Waals surface area contributed by atoms with Crippen LogP contribution in [0.3, 0.4) is 0 Å². The van der Waals surface area contributed by atoms with E-state index in [1.54, 1.807) is 0 Å². The SMILES string of the molecule is CC(C)CC(CNC(=O)CSc1ccc(F)c(F)c1)C(=O)O. The van der Waals surface area contributed by atoms with E-state index >= 15 is 0 Å². The quantitative estimate of drug-likeness (QED) is 0.719. The number of nitrogens with one attached hydrogen (secondary N) is 1. The number of carboxylic acid groups (broad SMARTS) is 1. The zero-order chi connectivity index (χ0) is 16.7. The van der Waals surface area contributed by atoms with Gasteiger partial charge >= 0.3 is 5.97 Å². The summed E-state index contributed by atoms with van der Waals surface area (Å²) >= 11 is 1.06. The standard InChI is InChI=1S/C15H19F2NO3S/c1-9(2)5-10(15(20)21)7-18-14(19)8-22-11-3-4-12(16)13(17)6-11/h3-4,6,9-10H,5,7-8H2,1-2H3,(H,18,19)(H,20,21). The number of amides is 1. The first-order valence-electron chi connectivity index (χ1n) is 6.87. The number of carbonyl (C=O) groups excluding carboxylic acids is 1. The molecule has 0 fully saturated rings. The minimum absolute atomic E-state index is 0.0130. The van der Waals surface area contributed by atoms with Gasteiger partial charge in [0.25, 0.3) is 0 Å². The smallest absolute Gasteiger partial charge is 0.308 e. The van der Waals surface area contributed by atoms with E-state index in [0.717, 1.165) is 23.9 Å². The highest BCUT2D eigenvalue weighted by Gasteiger charge is 2.19. The van der Waals surface area contributed by atoms with Gasteiger partial charge in [-0.1, -0.05) is 13.8 Å². The Hall–Kier alpha value is -1.63. The van der Waals surface area contributed by atoms with Crippen LogP contribution in [0.5, 0.6) is 0 Å². The number of aliphatic carboxylic acids is 1. The summed E-state index contributed by atoms with van der Waals surface area (Å²) in [6.07, 6.45) is 0.478. The predicted octanol–water partition coefficient (Wildman–Crippen LogP) is 2.92. The van der Waals surface area contributed by atoms with Crippen LogP contribution in [-0.2, 0) is 9.59 Å². The van der Waals surface area contributed by atoms with Crippen molar-refractivity contribution in [3.63, 3.8) is 0 Å². The lowest BCUT2D eigenvalue weighted by molar-refractivity contribution is -0.142. The molecule has 1 unspecified atom stereocenters. The molecule has 0 aliphatic heterocycles. The topological polar surface area (TPSA) is 66.4 Å². The highest BCUT2D eigenvalue weighted by Crippen LogP contribution is 2.20. The third-order valence-electron chi connectivity index (χ3n) is 2.91. The van der Waals surface area contributed by atoms with E-state index in [0.29, 0.717) is 11.3 Å². The first-order valence-corrected chi connectivity index (χ1v) is 7.85. The summed E-state index contributed by atoms with van der Waals surface area (Å²) in [5.41, 5.74) is 0. The maximum atomic E-state index is 13.0. The molecular weight excluding hydrogens is 312 g/mol. The maximum absolute atomic E-state index is 13.0. The minimum atomic E-state index is -0.965. The van der Waals surface area contributed by atoms with Crippen molar-refractivity contribution < 1.29 is 23.5 Å². The molecule has 1 rings (SSSR count). The number of rotatable bonds is 8. The lowest BCUT2D eigenvalue weighted by Gasteiger charge is -2.15. The second-order valence-corrected chi connectivity index (χ2v) is 6.38. The first-order chi connectivity index (χ1) is 10.3. The lowest BCUT2D eigenvalue weighted by atomic mass is 9.97. The summed E-state index contributed by atoms with van der Waals surface area (Å²) in [5.74, 6) is -3.59. The summed E-state index contributed by atoms with van der Waals surface area (Å²) in [7, 11) is 0. The van der Waals surface area contributed by atoms with E-state index in [2.05, 4.69) is 5.32 Å². The molecule has 122 valence electrons. The maximum Gasteiger partial charge on any atom is 0.308 e. The fraction of sp³-hybridized carbons (Fsp3) is 0.467. The van der Waals surface area contributed by atoms with Gasteiger partial charge in [0.2, 0.25) is 5.91 Å². The Balaban J connectivity index is 2.42. The Labute approximate surface area is 132 Å². The highest BCUT2D eigenvalue weighted by molar-refractivity contribution is 8.00. The molecule has 1 atom stereocenters. The molecule has 0 aliphatic carbocycles. The summed E-state index contributed by atoms with van der Waals surface area (Å²) in [4.78, 5) is 23.2. The number of carbonyl (C=O) groups is 2. The summed E-state index contributed by atoms with van der Waals surface area (Å²) < 4.78 is 25.8. The van der Waals surface area contributed by atoms with Crippen molar-refractivity contribution in [1.82, 2.24) is 5.32 Å². The molecule has 0 spiro atoms. The molecule has 0 heterocycles. The highest BCUT2D eigenvalue weighted by atomic mass is 32.2. The average Bonchev–Trinajstić information content (AvgIpc) is 2.44. The van der Waals surface area contributed by atoms with Crippen molar-refractivity contribution >= 4 is 23.6 Å². The van der Waals surface area contributed by atoms with Gasteiger partial charge in [0.1, 0.15) is 0 Å². The zero-order valence-electron chi connectivity index (χ0n) is 12.4. The minimum Gasteiger partial charge on any atom is -0.481 e. The Kier molecular flexibility index (Phi) is 7.31. The van der Waals surface area contributed by atoms with Crippen molar-refractivity contribution in [1.29, 1.82) is 0 Å². The van der Waals surface area contributed by atoms with E-state index in [9.17, 15) is 18.4 Å². The Bertz CT molecular complexity index is 538. The van der Waals surface area contributed by atoms with Crippen LogP contribution < -0.4 is 5.32 Å². The van der Waals surface area contributed by atoms with Crippen molar-refractivity contribution in [3.05, 3.63) is 29.8 Å². The second kappa shape index (κ2) is 8.73. The summed E-state index contributed by atoms with van der Waals surface area (Å²) in [6, 6.07) is 3.40. The van der Waals surface area contributed by atoms with E-state index in [1.807, 2.05) is 13.8 Å². The van der Waals surface area contributed by atoms with Crippen LogP contribution in [0.4, 0.5) is 8.78 Å². The number of hydrogen-bond donors (Lipinski definition) is 2. The fourth-order valence-electron chi connectivity index (χ4n) is 1.84. The average molecular weight is 331 g/mol. The van der Waals surface area contributed by atoms with Crippen LogP contribution in [0.1, 0.15) is 20.3 Å². The van der Waals surface area contributed by atoms with E-state index in [1.165, 1.54) is 6.07 Å². The predicted molar refractivity (Wildman–Crippen MR) is 80.7 cm³/mol. The normalized spacial score (nSPS) is 12.2. The largest absolute Gasteiger partial charge is 0.481 e. The molecule has 0 bridgehead atoms. The second-order valence-electron chi connectivity index (χ2n) is 5.33. The van der Waals surface area contributed by atoms with Crippen LogP contribution in [0, 0.1) is 23.5 Å². The van der Waals surface area contributed by atoms with Crippen LogP contribution in [-0.4, -0.2) is 29.3 Å². The molecule has 0 aromatic heterocycles. The molecule has 2 N–H and O–H groups in total. The van der Waals surface area contributed by atoms with Crippen LogP contribution in [0.15, 0.2) is 23.1 Å². The molecular formula is C15H19F2NO3S. The third-order valence-corrected chi connectivity index (χ3v) is 3.91. The molecule has 0 radical (unpaired) electrons. The lowest BCUT2D eigenvalue weighted by Crippen LogP contribution is -2.34. The van der Waals surface area contributed by atoms with Crippen LogP contribution in [0.2, 0.25) is 0 Å². The number of thioether (sulfide) groups is 1. The van der Waals surface area contributed by atoms with Gasteiger partial charge in [0.15, 0.2) is 11.6 Å². The van der Waals surface area contributed by atoms with Gasteiger partial charge in [-0.2, -0.15) is 0 Å². The molecule has 22 heavy (non-hydrogen) atoms. The Morgan fingerprint density at radius 2 is 1.95 bits per heavy atom. The van der Waals surface area contributed by atoms with Gasteiger partial charge in [0.05, 0.1) is 11.7 Å². The van der Waals surface area contributed by atoms with Gasteiger partial charge in [-0.25, -0.2) is 8.78 Å². The van der Waals surface area contributed by atoms with E-state index in [4.69, 9.17) is 5.11 Å². The van der Waals surface area contributed by atoms with Crippen LogP contribution in [0.25, 0.3) is 0 Å². The Morgan fingerprint density at radius 3 is 2.50 bits per heavy atom. The van der Waals surface area contributed by atoms with Crippen molar-refractivity contribution in [2.75, 3.05) is 12.3 Å². The summed E-state index contributed by atoms with van der Waals surface area (Å²) in [5, 5.41) is 11.6. The zero-order valence-corrected chi connectivity index (χ0v) is 13.3. The van der Waals surface area contributed by atoms with E-state index in [-0.39, 0.29) is 24.1 Å². The van der Waals surface area contributed by atoms with Gasteiger partial charge in [-0.15, -0.1) is 11.8 Å². The first kappa shape index (κ1) is 18.4. The summed E-state index contributed by atoms with van der Waals surface area (Å²) in [6.45, 7) is 3.89. The molecule has 1 amide bonds. The van der Waals surface area contributed by atoms with Crippen molar-refractivity contribution in [2.45, 2.75) is 25.2 Å². The number of hydrogen-bond acceptors (Lipinski definition) is 3. The number of carboxylic acids is 1. The van der Waals surface area contributed by atoms with Crippen LogP contribution >= 0.6 is 11.8 Å². The fourth-order valence-corrected chi connectivity index (χ4v) is 2.59. The monoisotopic (exact) mass is 331 g/mol. The van der Waals surface area contributed by atoms with Gasteiger partial charge in [-0.3, -0.25) is 9.59 Å². The molecule has 0 aliphatic rings. The third kappa shape index (κ3) is 6.43. The van der Waals surface area contributed by atoms with Gasteiger partial charge in [-0.05, 0) is 30.5 Å². The van der Waals surface area contributed by atoms with Gasteiger partial charge < -0.3 is 10.4 Å². The number of halogens is 2. The number of benzene rings is 1. The molecule has 1 aromatic carbocycles. The molecule has 1 aromatic rings. The molecule has 7 heteroatoms. The molecule has 0 saturated heterocycles. The van der Waals surface area contributed by atoms with Crippen molar-refractivity contribution in [3.8, 4) is 0 Å². The molecule has 4 nitrogen and oxygen atoms in total. The van der Waals surface area contributed by atoms with E-state index < -0.39 is 23.5 Å². The van der Waals surface area contributed by atoms with Crippen molar-refractivity contribution in [2.24, 2.45) is 11.8 Å².